The Morgan fingerprint density at radius 3 is 2.70 bits per heavy atom. The average Bonchev–Trinajstić information content (AvgIpc) is 2.98. The average molecular weight is 274 g/mol. The summed E-state index contributed by atoms with van der Waals surface area (Å²) in [6, 6.07) is 3.99. The predicted octanol–water partition coefficient (Wildman–Crippen LogP) is 1.36. The minimum absolute atomic E-state index is 0.0806. The minimum atomic E-state index is 0.0806. The van der Waals surface area contributed by atoms with Gasteiger partial charge in [0.25, 0.3) is 5.91 Å². The van der Waals surface area contributed by atoms with Crippen molar-refractivity contribution in [3.63, 3.8) is 0 Å². The molecule has 1 amide bonds. The molecule has 0 spiro atoms. The predicted molar refractivity (Wildman–Crippen MR) is 78.4 cm³/mol. The molecule has 5 heteroatoms. The van der Waals surface area contributed by atoms with E-state index in [0.29, 0.717) is 17.4 Å². The first-order chi connectivity index (χ1) is 9.74. The second-order valence-corrected chi connectivity index (χ2v) is 5.76. The Balaban J connectivity index is 1.61. The summed E-state index contributed by atoms with van der Waals surface area (Å²) in [6.07, 6.45) is 6.61. The largest absolute Gasteiger partial charge is 0.384 e. The number of rotatable bonds is 2. The molecule has 2 saturated heterocycles. The smallest absolute Gasteiger partial charge is 0.255 e. The third kappa shape index (κ3) is 2.77. The maximum Gasteiger partial charge on any atom is 0.255 e. The molecule has 2 aliphatic rings. The number of carbonyl (C=O) groups is 1. The lowest BCUT2D eigenvalue weighted by atomic mass is 10.1. The van der Waals surface area contributed by atoms with Crippen molar-refractivity contribution in [1.29, 1.82) is 0 Å². The molecule has 0 aliphatic carbocycles. The first kappa shape index (κ1) is 13.4. The molecule has 0 bridgehead atoms. The lowest BCUT2D eigenvalue weighted by molar-refractivity contribution is 0.0771. The van der Waals surface area contributed by atoms with Crippen LogP contribution in [0, 0.1) is 0 Å². The standard InChI is InChI=1S/C15H22N4O/c16-14-5-4-12(10-17-14)15(20)19-9-6-13(11-19)18-7-2-1-3-8-18/h4-5,10,13H,1-3,6-9,11H2,(H2,16,17). The van der Waals surface area contributed by atoms with E-state index in [1.54, 1.807) is 18.3 Å². The molecule has 0 radical (unpaired) electrons. The number of amides is 1. The van der Waals surface area contributed by atoms with Crippen LogP contribution in [0.4, 0.5) is 5.82 Å². The van der Waals surface area contributed by atoms with Gasteiger partial charge in [0.05, 0.1) is 5.56 Å². The number of nitrogens with zero attached hydrogens (tertiary/aromatic N) is 3. The van der Waals surface area contributed by atoms with E-state index in [1.807, 2.05) is 4.90 Å². The lowest BCUT2D eigenvalue weighted by Gasteiger charge is -2.32. The number of nitrogen functional groups attached to an aromatic ring is 1. The van der Waals surface area contributed by atoms with Crippen LogP contribution in [0.1, 0.15) is 36.0 Å². The molecule has 2 fully saturated rings. The summed E-state index contributed by atoms with van der Waals surface area (Å²) in [5.41, 5.74) is 6.19. The number of aromatic nitrogens is 1. The van der Waals surface area contributed by atoms with Crippen molar-refractivity contribution in [2.24, 2.45) is 0 Å². The maximum atomic E-state index is 12.4. The molecule has 0 saturated carbocycles. The van der Waals surface area contributed by atoms with Crippen LogP contribution in [0.25, 0.3) is 0 Å². The van der Waals surface area contributed by atoms with Crippen LogP contribution >= 0.6 is 0 Å². The Kier molecular flexibility index (Phi) is 3.87. The van der Waals surface area contributed by atoms with Gasteiger partial charge in [0.2, 0.25) is 0 Å². The number of likely N-dealkylation sites (tertiary alicyclic amines) is 2. The van der Waals surface area contributed by atoms with Crippen molar-refractivity contribution in [3.8, 4) is 0 Å². The van der Waals surface area contributed by atoms with Crippen LogP contribution in [0.15, 0.2) is 18.3 Å². The normalized spacial score (nSPS) is 24.0. The van der Waals surface area contributed by atoms with Crippen LogP contribution in [-0.4, -0.2) is 52.9 Å². The van der Waals surface area contributed by atoms with Gasteiger partial charge in [-0.25, -0.2) is 4.98 Å². The summed E-state index contributed by atoms with van der Waals surface area (Å²) in [5.74, 6) is 0.533. The summed E-state index contributed by atoms with van der Waals surface area (Å²) in [6.45, 7) is 4.08. The first-order valence-corrected chi connectivity index (χ1v) is 7.49. The number of carbonyl (C=O) groups excluding carboxylic acids is 1. The molecule has 1 unspecified atom stereocenters. The highest BCUT2D eigenvalue weighted by molar-refractivity contribution is 5.94. The molecule has 1 aromatic rings. The SMILES string of the molecule is Nc1ccc(C(=O)N2CCC(N3CCCCC3)C2)cn1. The van der Waals surface area contributed by atoms with Crippen molar-refractivity contribution in [3.05, 3.63) is 23.9 Å². The molecule has 2 N–H and O–H groups in total. The van der Waals surface area contributed by atoms with E-state index in [9.17, 15) is 4.79 Å². The third-order valence-electron chi connectivity index (χ3n) is 4.39. The number of nitrogens with two attached hydrogens (primary N) is 1. The number of hydrogen-bond acceptors (Lipinski definition) is 4. The Bertz CT molecular complexity index is 467. The quantitative estimate of drug-likeness (QED) is 0.884. The van der Waals surface area contributed by atoms with Gasteiger partial charge in [0.1, 0.15) is 5.82 Å². The zero-order chi connectivity index (χ0) is 13.9. The van der Waals surface area contributed by atoms with Gasteiger partial charge < -0.3 is 10.6 Å². The summed E-state index contributed by atoms with van der Waals surface area (Å²) in [7, 11) is 0. The molecule has 1 atom stereocenters. The lowest BCUT2D eigenvalue weighted by Crippen LogP contribution is -2.41. The van der Waals surface area contributed by atoms with Gasteiger partial charge in [-0.2, -0.15) is 0 Å². The highest BCUT2D eigenvalue weighted by atomic mass is 16.2. The van der Waals surface area contributed by atoms with Gasteiger partial charge in [0.15, 0.2) is 0 Å². The Morgan fingerprint density at radius 1 is 1.20 bits per heavy atom. The topological polar surface area (TPSA) is 62.5 Å². The van der Waals surface area contributed by atoms with Crippen LogP contribution in [0.5, 0.6) is 0 Å². The fourth-order valence-electron chi connectivity index (χ4n) is 3.22. The number of anilines is 1. The fraction of sp³-hybridized carbons (Fsp3) is 0.600. The van der Waals surface area contributed by atoms with E-state index in [0.717, 1.165) is 19.5 Å². The number of hydrogen-bond donors (Lipinski definition) is 1. The van der Waals surface area contributed by atoms with Crippen molar-refractivity contribution >= 4 is 11.7 Å². The Morgan fingerprint density at radius 2 is 2.00 bits per heavy atom. The highest BCUT2D eigenvalue weighted by Crippen LogP contribution is 2.21. The van der Waals surface area contributed by atoms with Crippen LogP contribution in [0.2, 0.25) is 0 Å². The van der Waals surface area contributed by atoms with Crippen molar-refractivity contribution in [2.45, 2.75) is 31.7 Å². The minimum Gasteiger partial charge on any atom is -0.384 e. The number of pyridine rings is 1. The molecular weight excluding hydrogens is 252 g/mol. The van der Waals surface area contributed by atoms with Gasteiger partial charge in [-0.15, -0.1) is 0 Å². The van der Waals surface area contributed by atoms with Crippen molar-refractivity contribution in [1.82, 2.24) is 14.8 Å². The molecule has 108 valence electrons. The number of piperidine rings is 1. The van der Waals surface area contributed by atoms with E-state index in [1.165, 1.54) is 32.4 Å². The molecule has 20 heavy (non-hydrogen) atoms. The Hall–Kier alpha value is -1.62. The second kappa shape index (κ2) is 5.79. The van der Waals surface area contributed by atoms with Crippen LogP contribution in [0.3, 0.4) is 0 Å². The molecule has 3 heterocycles. The first-order valence-electron chi connectivity index (χ1n) is 7.49. The van der Waals surface area contributed by atoms with Gasteiger partial charge in [-0.1, -0.05) is 6.42 Å². The maximum absolute atomic E-state index is 12.4. The summed E-state index contributed by atoms with van der Waals surface area (Å²) in [4.78, 5) is 20.9. The van der Waals surface area contributed by atoms with Crippen molar-refractivity contribution in [2.75, 3.05) is 31.9 Å². The fourth-order valence-corrected chi connectivity index (χ4v) is 3.22. The van der Waals surface area contributed by atoms with Crippen molar-refractivity contribution < 1.29 is 4.79 Å². The molecule has 1 aromatic heterocycles. The van der Waals surface area contributed by atoms with Gasteiger partial charge in [-0.3, -0.25) is 9.69 Å². The summed E-state index contributed by atoms with van der Waals surface area (Å²) < 4.78 is 0. The summed E-state index contributed by atoms with van der Waals surface area (Å²) >= 11 is 0. The summed E-state index contributed by atoms with van der Waals surface area (Å²) in [5, 5.41) is 0. The molecule has 3 rings (SSSR count). The van der Waals surface area contributed by atoms with E-state index in [-0.39, 0.29) is 5.91 Å². The molecular formula is C15H22N4O. The zero-order valence-electron chi connectivity index (χ0n) is 11.8. The van der Waals surface area contributed by atoms with Crippen LogP contribution in [-0.2, 0) is 0 Å². The zero-order valence-corrected chi connectivity index (χ0v) is 11.8. The van der Waals surface area contributed by atoms with E-state index in [4.69, 9.17) is 5.73 Å². The second-order valence-electron chi connectivity index (χ2n) is 5.76. The van der Waals surface area contributed by atoms with Gasteiger partial charge >= 0.3 is 0 Å². The van der Waals surface area contributed by atoms with E-state index >= 15 is 0 Å². The molecule has 0 aromatic carbocycles. The Labute approximate surface area is 119 Å². The highest BCUT2D eigenvalue weighted by Gasteiger charge is 2.31. The van der Waals surface area contributed by atoms with Crippen LogP contribution < -0.4 is 5.73 Å². The molecule has 2 aliphatic heterocycles. The van der Waals surface area contributed by atoms with E-state index < -0.39 is 0 Å². The van der Waals surface area contributed by atoms with Gasteiger partial charge in [-0.05, 0) is 44.5 Å². The van der Waals surface area contributed by atoms with Gasteiger partial charge in [0, 0.05) is 25.3 Å². The monoisotopic (exact) mass is 274 g/mol. The molecule has 5 nitrogen and oxygen atoms in total. The van der Waals surface area contributed by atoms with E-state index in [2.05, 4.69) is 9.88 Å². The third-order valence-corrected chi connectivity index (χ3v) is 4.39.